The Morgan fingerprint density at radius 3 is 1.84 bits per heavy atom. The Bertz CT molecular complexity index is 1970. The second kappa shape index (κ2) is 17.5. The third-order valence-corrected chi connectivity index (χ3v) is 10.5. The minimum Gasteiger partial charge on any atom is -0.495 e. The molecule has 0 saturated carbocycles. The van der Waals surface area contributed by atoms with Gasteiger partial charge in [-0.3, -0.25) is 10.0 Å². The lowest BCUT2D eigenvalue weighted by atomic mass is 10.3. The van der Waals surface area contributed by atoms with Gasteiger partial charge >= 0.3 is 0 Å². The van der Waals surface area contributed by atoms with E-state index in [1.807, 2.05) is 96.7 Å². The summed E-state index contributed by atoms with van der Waals surface area (Å²) >= 11 is 0. The Morgan fingerprint density at radius 1 is 0.673 bits per heavy atom. The van der Waals surface area contributed by atoms with Gasteiger partial charge in [0, 0.05) is 45.1 Å². The van der Waals surface area contributed by atoms with Gasteiger partial charge in [0.15, 0.2) is 18.6 Å². The average Bonchev–Trinajstić information content (AvgIpc) is 3.09. The van der Waals surface area contributed by atoms with E-state index >= 15 is 0 Å². The third-order valence-electron chi connectivity index (χ3n) is 7.28. The fourth-order valence-corrected chi connectivity index (χ4v) is 7.62. The van der Waals surface area contributed by atoms with Crippen molar-refractivity contribution in [2.75, 3.05) is 49.8 Å². The first-order valence-corrected chi connectivity index (χ1v) is 18.6. The van der Waals surface area contributed by atoms with Crippen LogP contribution in [-0.4, -0.2) is 69.1 Å². The predicted molar refractivity (Wildman–Crippen MR) is 189 cm³/mol. The number of nitrogens with zero attached hydrogens (tertiary/aromatic N) is 6. The summed E-state index contributed by atoms with van der Waals surface area (Å²) in [4.78, 5) is 0. The number of aromatic nitrogens is 2. The lowest BCUT2D eigenvalue weighted by Crippen LogP contribution is -2.39. The highest BCUT2D eigenvalue weighted by Gasteiger charge is 2.24. The molecule has 0 N–H and O–H groups in total. The molecule has 4 rings (SSSR count). The SMILES string of the molecule is COc1ccccc1N(C)N=Cc1ccc[n+](CCCS(=O)(=O)OS(=O)(=O)CCC[n+]2ccccc2C=NN(C)c2ccccc2OC)c1. The molecule has 49 heavy (non-hydrogen) atoms. The Morgan fingerprint density at radius 2 is 1.22 bits per heavy atom. The number of hydrazone groups is 2. The van der Waals surface area contributed by atoms with Gasteiger partial charge in [0.25, 0.3) is 20.2 Å². The second-order valence-corrected chi connectivity index (χ2v) is 14.5. The molecule has 0 saturated heterocycles. The molecule has 2 aromatic carbocycles. The van der Waals surface area contributed by atoms with E-state index in [0.29, 0.717) is 24.6 Å². The van der Waals surface area contributed by atoms with Crippen LogP contribution in [0, 0.1) is 0 Å². The van der Waals surface area contributed by atoms with Crippen molar-refractivity contribution in [3.8, 4) is 11.5 Å². The number of hydrogen-bond acceptors (Lipinski definition) is 11. The second-order valence-electron chi connectivity index (χ2n) is 10.9. The van der Waals surface area contributed by atoms with Crippen LogP contribution >= 0.6 is 0 Å². The zero-order valence-electron chi connectivity index (χ0n) is 28.0. The largest absolute Gasteiger partial charge is 0.495 e. The molecule has 260 valence electrons. The highest BCUT2D eigenvalue weighted by Crippen LogP contribution is 2.27. The van der Waals surface area contributed by atoms with Crippen LogP contribution in [0.3, 0.4) is 0 Å². The molecule has 0 aliphatic heterocycles. The molecule has 0 aliphatic rings. The molecule has 0 amide bonds. The molecule has 13 nitrogen and oxygen atoms in total. The van der Waals surface area contributed by atoms with Crippen LogP contribution in [0.25, 0.3) is 0 Å². The summed E-state index contributed by atoms with van der Waals surface area (Å²) in [5.74, 6) is 0.439. The molecule has 4 aromatic rings. The standard InChI is InChI=1S/C34H42N6O7S2/c1-37(31-16-5-7-18-33(31)45-3)35-26-29-14-11-20-39(28-29)21-12-24-48(41,42)47-49(43,44)25-13-23-40-22-10-9-15-30(40)27-36-38(2)32-17-6-8-19-34(32)46-4/h5-11,14-20,22,26-28H,12-13,21,23-25H2,1-4H3/q+2. The summed E-state index contributed by atoms with van der Waals surface area (Å²) in [5.41, 5.74) is 3.10. The first-order valence-electron chi connectivity index (χ1n) is 15.5. The van der Waals surface area contributed by atoms with Crippen LogP contribution in [0.4, 0.5) is 11.4 Å². The Balaban J connectivity index is 1.26. The number of aryl methyl sites for hydroxylation is 2. The van der Waals surface area contributed by atoms with Gasteiger partial charge in [-0.2, -0.15) is 31.6 Å². The van der Waals surface area contributed by atoms with E-state index in [4.69, 9.17) is 9.47 Å². The summed E-state index contributed by atoms with van der Waals surface area (Å²) in [6.07, 6.45) is 9.03. The molecular formula is C34H42N6O7S2+2. The van der Waals surface area contributed by atoms with Crippen molar-refractivity contribution < 1.29 is 39.1 Å². The van der Waals surface area contributed by atoms with E-state index in [1.165, 1.54) is 0 Å². The molecule has 0 atom stereocenters. The molecule has 2 heterocycles. The van der Waals surface area contributed by atoms with E-state index in [1.54, 1.807) is 60.7 Å². The van der Waals surface area contributed by atoms with E-state index in [2.05, 4.69) is 13.8 Å². The van der Waals surface area contributed by atoms with Crippen molar-refractivity contribution in [1.29, 1.82) is 0 Å². The maximum absolute atomic E-state index is 12.6. The minimum atomic E-state index is -4.33. The number of para-hydroxylation sites is 4. The molecule has 0 bridgehead atoms. The van der Waals surface area contributed by atoms with Crippen molar-refractivity contribution >= 4 is 44.0 Å². The van der Waals surface area contributed by atoms with E-state index < -0.39 is 31.7 Å². The van der Waals surface area contributed by atoms with Crippen LogP contribution < -0.4 is 28.6 Å². The summed E-state index contributed by atoms with van der Waals surface area (Å²) in [6.45, 7) is 0.627. The van der Waals surface area contributed by atoms with Crippen molar-refractivity contribution in [3.63, 3.8) is 0 Å². The highest BCUT2D eigenvalue weighted by molar-refractivity contribution is 7.99. The molecule has 0 aliphatic carbocycles. The fourth-order valence-electron chi connectivity index (χ4n) is 4.85. The van der Waals surface area contributed by atoms with Crippen LogP contribution in [0.2, 0.25) is 0 Å². The fraction of sp³-hybridized carbons (Fsp3) is 0.294. The van der Waals surface area contributed by atoms with E-state index in [-0.39, 0.29) is 12.8 Å². The molecule has 0 fully saturated rings. The van der Waals surface area contributed by atoms with E-state index in [0.717, 1.165) is 22.6 Å². The van der Waals surface area contributed by atoms with E-state index in [9.17, 15) is 16.8 Å². The normalized spacial score (nSPS) is 12.0. The molecule has 0 unspecified atom stereocenters. The number of benzene rings is 2. The lowest BCUT2D eigenvalue weighted by Gasteiger charge is -2.15. The van der Waals surface area contributed by atoms with Crippen LogP contribution in [0.5, 0.6) is 11.5 Å². The van der Waals surface area contributed by atoms with Gasteiger partial charge in [-0.1, -0.05) is 24.3 Å². The third kappa shape index (κ3) is 11.4. The molecule has 15 heteroatoms. The maximum Gasteiger partial charge on any atom is 0.282 e. The van der Waals surface area contributed by atoms with Gasteiger partial charge in [0.05, 0.1) is 37.5 Å². The minimum absolute atomic E-state index is 0.131. The zero-order valence-corrected chi connectivity index (χ0v) is 29.6. The predicted octanol–water partition coefficient (Wildman–Crippen LogP) is 3.38. The summed E-state index contributed by atoms with van der Waals surface area (Å²) in [5, 5.41) is 12.3. The van der Waals surface area contributed by atoms with Gasteiger partial charge < -0.3 is 9.47 Å². The van der Waals surface area contributed by atoms with Crippen molar-refractivity contribution in [3.05, 3.63) is 109 Å². The smallest absolute Gasteiger partial charge is 0.282 e. The summed E-state index contributed by atoms with van der Waals surface area (Å²) in [7, 11) is -1.87. The highest BCUT2D eigenvalue weighted by atomic mass is 32.3. The van der Waals surface area contributed by atoms with Crippen LogP contribution in [-0.2, 0) is 37.0 Å². The van der Waals surface area contributed by atoms with Crippen LogP contribution in [0.1, 0.15) is 24.1 Å². The molecule has 2 aromatic heterocycles. The maximum atomic E-state index is 12.6. The summed E-state index contributed by atoms with van der Waals surface area (Å²) < 4.78 is 69.5. The molecule has 0 spiro atoms. The Kier molecular flexibility index (Phi) is 13.2. The van der Waals surface area contributed by atoms with Gasteiger partial charge in [0.2, 0.25) is 5.69 Å². The van der Waals surface area contributed by atoms with Gasteiger partial charge in [-0.15, -0.1) is 3.63 Å². The van der Waals surface area contributed by atoms with Gasteiger partial charge in [0.1, 0.15) is 42.2 Å². The first kappa shape index (κ1) is 37.0. The number of anilines is 2. The number of methoxy groups -OCH3 is 2. The number of rotatable bonds is 18. The molecular weight excluding hydrogens is 669 g/mol. The monoisotopic (exact) mass is 710 g/mol. The number of pyridine rings is 2. The molecule has 0 radical (unpaired) electrons. The Hall–Kier alpha value is -4.86. The van der Waals surface area contributed by atoms with Crippen molar-refractivity contribution in [2.24, 2.45) is 10.2 Å². The number of hydrogen-bond donors (Lipinski definition) is 0. The van der Waals surface area contributed by atoms with Crippen LogP contribution in [0.15, 0.2) is 108 Å². The van der Waals surface area contributed by atoms with Gasteiger partial charge in [-0.05, 0) is 36.4 Å². The summed E-state index contributed by atoms with van der Waals surface area (Å²) in [6, 6.07) is 24.2. The number of ether oxygens (including phenoxy) is 2. The topological polar surface area (TPSA) is 135 Å². The van der Waals surface area contributed by atoms with Crippen molar-refractivity contribution in [1.82, 2.24) is 0 Å². The Labute approximate surface area is 288 Å². The first-order chi connectivity index (χ1) is 23.5. The van der Waals surface area contributed by atoms with Gasteiger partial charge in [-0.25, -0.2) is 4.57 Å². The average molecular weight is 711 g/mol. The quantitative estimate of drug-likeness (QED) is 0.0866. The lowest BCUT2D eigenvalue weighted by molar-refractivity contribution is -0.697. The zero-order chi connectivity index (χ0) is 35.3. The van der Waals surface area contributed by atoms with Crippen molar-refractivity contribution in [2.45, 2.75) is 25.9 Å².